The predicted octanol–water partition coefficient (Wildman–Crippen LogP) is 4.45. The van der Waals surface area contributed by atoms with Crippen LogP contribution in [0.15, 0.2) is 47.5 Å². The Kier molecular flexibility index (Phi) is 6.49. The third-order valence-corrected chi connectivity index (χ3v) is 5.22. The summed E-state index contributed by atoms with van der Waals surface area (Å²) >= 11 is 1.13. The number of aryl methyl sites for hydroxylation is 1. The Morgan fingerprint density at radius 2 is 2.10 bits per heavy atom. The van der Waals surface area contributed by atoms with Crippen molar-refractivity contribution in [3.8, 4) is 11.8 Å². The van der Waals surface area contributed by atoms with Crippen molar-refractivity contribution in [1.82, 2.24) is 4.98 Å². The molecule has 0 radical (unpaired) electrons. The van der Waals surface area contributed by atoms with E-state index in [1.54, 1.807) is 31.2 Å². The highest BCUT2D eigenvalue weighted by molar-refractivity contribution is 8.00. The number of benzene rings is 2. The van der Waals surface area contributed by atoms with Gasteiger partial charge in [-0.2, -0.15) is 5.26 Å². The molecule has 3 rings (SSSR count). The summed E-state index contributed by atoms with van der Waals surface area (Å²) in [5.74, 6) is 0.357. The van der Waals surface area contributed by atoms with Crippen molar-refractivity contribution in [2.75, 3.05) is 17.7 Å². The van der Waals surface area contributed by atoms with Crippen LogP contribution in [0, 0.1) is 28.4 Å². The number of thioether (sulfide) groups is 1. The number of carbonyl (C=O) groups excluding carboxylic acids is 1. The zero-order valence-corrected chi connectivity index (χ0v) is 17.2. The summed E-state index contributed by atoms with van der Waals surface area (Å²) in [6, 6.07) is 13.5. The monoisotopic (exact) mass is 422 g/mol. The number of anilines is 1. The van der Waals surface area contributed by atoms with Crippen LogP contribution >= 0.6 is 11.8 Å². The van der Waals surface area contributed by atoms with Crippen molar-refractivity contribution in [2.24, 2.45) is 0 Å². The van der Waals surface area contributed by atoms with Gasteiger partial charge in [-0.15, -0.1) is 0 Å². The fourth-order valence-electron chi connectivity index (χ4n) is 2.76. The van der Waals surface area contributed by atoms with Crippen molar-refractivity contribution >= 4 is 39.9 Å². The molecule has 0 aliphatic carbocycles. The molecule has 0 unspecified atom stereocenters. The maximum atomic E-state index is 12.4. The fourth-order valence-corrected chi connectivity index (χ4v) is 3.52. The average molecular weight is 422 g/mol. The molecule has 8 nitrogen and oxygen atoms in total. The van der Waals surface area contributed by atoms with Gasteiger partial charge < -0.3 is 10.1 Å². The summed E-state index contributed by atoms with van der Waals surface area (Å²) < 4.78 is 5.48. The maximum absolute atomic E-state index is 12.4. The van der Waals surface area contributed by atoms with E-state index < -0.39 is 4.92 Å². The predicted molar refractivity (Wildman–Crippen MR) is 115 cm³/mol. The number of nitrogens with one attached hydrogen (secondary N) is 1. The molecule has 0 atom stereocenters. The van der Waals surface area contributed by atoms with E-state index in [0.29, 0.717) is 39.7 Å². The van der Waals surface area contributed by atoms with Gasteiger partial charge in [0.2, 0.25) is 5.91 Å². The number of hydrogen-bond donors (Lipinski definition) is 1. The van der Waals surface area contributed by atoms with Gasteiger partial charge in [0.15, 0.2) is 0 Å². The Balaban J connectivity index is 1.75. The van der Waals surface area contributed by atoms with E-state index in [-0.39, 0.29) is 17.3 Å². The summed E-state index contributed by atoms with van der Waals surface area (Å²) in [4.78, 5) is 27.3. The number of pyridine rings is 1. The largest absolute Gasteiger partial charge is 0.494 e. The third kappa shape index (κ3) is 4.85. The van der Waals surface area contributed by atoms with Crippen LogP contribution in [0.1, 0.15) is 18.1 Å². The van der Waals surface area contributed by atoms with E-state index >= 15 is 0 Å². The summed E-state index contributed by atoms with van der Waals surface area (Å²) in [7, 11) is 0. The molecule has 0 aliphatic heterocycles. The van der Waals surface area contributed by atoms with Gasteiger partial charge >= 0.3 is 0 Å². The SMILES string of the molecule is CCOc1ccc2nc(SCC(=O)Nc3cc([N+](=O)[O-])ccc3C)c(C#N)cc2c1. The van der Waals surface area contributed by atoms with Crippen LogP contribution in [0.25, 0.3) is 10.9 Å². The van der Waals surface area contributed by atoms with Gasteiger partial charge in [-0.05, 0) is 43.7 Å². The molecule has 3 aromatic rings. The van der Waals surface area contributed by atoms with Crippen LogP contribution in [-0.2, 0) is 4.79 Å². The van der Waals surface area contributed by atoms with Crippen LogP contribution in [0.3, 0.4) is 0 Å². The van der Waals surface area contributed by atoms with E-state index in [2.05, 4.69) is 16.4 Å². The van der Waals surface area contributed by atoms with Crippen molar-refractivity contribution in [2.45, 2.75) is 18.9 Å². The highest BCUT2D eigenvalue weighted by atomic mass is 32.2. The van der Waals surface area contributed by atoms with E-state index in [1.807, 2.05) is 13.0 Å². The molecule has 0 spiro atoms. The van der Waals surface area contributed by atoms with Gasteiger partial charge in [-0.1, -0.05) is 17.8 Å². The van der Waals surface area contributed by atoms with Crippen LogP contribution in [-0.4, -0.2) is 28.2 Å². The Hall–Kier alpha value is -3.64. The standard InChI is InChI=1S/C21H18N4O4S/c1-3-29-17-6-7-18-14(9-17)8-15(11-22)21(24-18)30-12-20(26)23-19-10-16(25(27)28)5-4-13(19)2/h4-10H,3,12H2,1-2H3,(H,23,26). The molecule has 0 bridgehead atoms. The Morgan fingerprint density at radius 3 is 2.80 bits per heavy atom. The summed E-state index contributed by atoms with van der Waals surface area (Å²) in [5.41, 5.74) is 2.05. The number of rotatable bonds is 7. The first-order valence-electron chi connectivity index (χ1n) is 9.06. The minimum atomic E-state index is -0.515. The second kappa shape index (κ2) is 9.24. The number of hydrogen-bond acceptors (Lipinski definition) is 7. The van der Waals surface area contributed by atoms with Crippen LogP contribution < -0.4 is 10.1 Å². The number of non-ortho nitro benzene ring substituents is 1. The third-order valence-electron chi connectivity index (χ3n) is 4.23. The number of nitrogens with zero attached hydrogens (tertiary/aromatic N) is 3. The molecule has 0 aliphatic rings. The quantitative estimate of drug-likeness (QED) is 0.339. The van der Waals surface area contributed by atoms with Gasteiger partial charge in [-0.25, -0.2) is 4.98 Å². The highest BCUT2D eigenvalue weighted by Gasteiger charge is 2.14. The highest BCUT2D eigenvalue weighted by Crippen LogP contribution is 2.28. The molecular formula is C21H18N4O4S. The lowest BCUT2D eigenvalue weighted by molar-refractivity contribution is -0.384. The molecule has 1 N–H and O–H groups in total. The average Bonchev–Trinajstić information content (AvgIpc) is 2.73. The first kappa shape index (κ1) is 21.1. The molecule has 1 aromatic heterocycles. The number of ether oxygens (including phenoxy) is 1. The smallest absolute Gasteiger partial charge is 0.271 e. The zero-order chi connectivity index (χ0) is 21.7. The molecule has 1 amide bonds. The first-order chi connectivity index (χ1) is 14.4. The molecule has 1 heterocycles. The summed E-state index contributed by atoms with van der Waals surface area (Å²) in [5, 5.41) is 24.3. The fraction of sp³-hybridized carbons (Fsp3) is 0.190. The van der Waals surface area contributed by atoms with Gasteiger partial charge in [0.05, 0.1) is 34.1 Å². The maximum Gasteiger partial charge on any atom is 0.271 e. The Labute approximate surface area is 177 Å². The van der Waals surface area contributed by atoms with E-state index in [0.717, 1.165) is 17.1 Å². The number of nitro benzene ring substituents is 1. The molecule has 9 heteroatoms. The topological polar surface area (TPSA) is 118 Å². The van der Waals surface area contributed by atoms with Gasteiger partial charge in [0.25, 0.3) is 5.69 Å². The van der Waals surface area contributed by atoms with Crippen molar-refractivity contribution in [1.29, 1.82) is 5.26 Å². The lowest BCUT2D eigenvalue weighted by Gasteiger charge is -2.09. The number of nitro groups is 1. The van der Waals surface area contributed by atoms with E-state index in [9.17, 15) is 20.2 Å². The number of carbonyl (C=O) groups is 1. The van der Waals surface area contributed by atoms with E-state index in [4.69, 9.17) is 4.74 Å². The summed E-state index contributed by atoms with van der Waals surface area (Å²) in [6.07, 6.45) is 0. The van der Waals surface area contributed by atoms with Crippen molar-refractivity contribution in [3.63, 3.8) is 0 Å². The molecule has 0 saturated heterocycles. The molecule has 30 heavy (non-hydrogen) atoms. The lowest BCUT2D eigenvalue weighted by atomic mass is 10.1. The minimum Gasteiger partial charge on any atom is -0.494 e. The molecule has 2 aromatic carbocycles. The van der Waals surface area contributed by atoms with E-state index in [1.165, 1.54) is 12.1 Å². The van der Waals surface area contributed by atoms with Crippen molar-refractivity contribution in [3.05, 3.63) is 63.7 Å². The number of nitriles is 1. The summed E-state index contributed by atoms with van der Waals surface area (Å²) in [6.45, 7) is 4.18. The molecule has 0 fully saturated rings. The number of amides is 1. The molecule has 0 saturated carbocycles. The second-order valence-corrected chi connectivity index (χ2v) is 7.30. The minimum absolute atomic E-state index is 0.00630. The zero-order valence-electron chi connectivity index (χ0n) is 16.3. The number of fused-ring (bicyclic) bond motifs is 1. The van der Waals surface area contributed by atoms with Gasteiger partial charge in [0.1, 0.15) is 16.8 Å². The van der Waals surface area contributed by atoms with Crippen LogP contribution in [0.2, 0.25) is 0 Å². The van der Waals surface area contributed by atoms with Crippen molar-refractivity contribution < 1.29 is 14.5 Å². The van der Waals surface area contributed by atoms with Crippen LogP contribution in [0.4, 0.5) is 11.4 Å². The first-order valence-corrected chi connectivity index (χ1v) is 10.0. The number of aromatic nitrogens is 1. The Morgan fingerprint density at radius 1 is 1.30 bits per heavy atom. The lowest BCUT2D eigenvalue weighted by Crippen LogP contribution is -2.15. The molecular weight excluding hydrogens is 404 g/mol. The Bertz CT molecular complexity index is 1170. The van der Waals surface area contributed by atoms with Gasteiger partial charge in [-0.3, -0.25) is 14.9 Å². The van der Waals surface area contributed by atoms with Crippen LogP contribution in [0.5, 0.6) is 5.75 Å². The molecule has 152 valence electrons. The normalized spacial score (nSPS) is 10.4. The second-order valence-electron chi connectivity index (χ2n) is 6.33. The van der Waals surface area contributed by atoms with Gasteiger partial charge in [0, 0.05) is 17.5 Å².